The van der Waals surface area contributed by atoms with E-state index in [0.717, 1.165) is 83.8 Å². The first-order valence-electron chi connectivity index (χ1n) is 15.0. The average Bonchev–Trinajstić information content (AvgIpc) is 3.38. The van der Waals surface area contributed by atoms with Gasteiger partial charge in [0.2, 0.25) is 0 Å². The van der Waals surface area contributed by atoms with Gasteiger partial charge in [0.1, 0.15) is 10.2 Å². The van der Waals surface area contributed by atoms with Crippen molar-refractivity contribution in [2.45, 2.75) is 73.1 Å². The maximum absolute atomic E-state index is 14.7. The first-order valence-corrected chi connectivity index (χ1v) is 16.2. The molecular formula is C34H39ClN4O2S. The number of thiazole rings is 1. The fourth-order valence-electron chi connectivity index (χ4n) is 5.88. The normalized spacial score (nSPS) is 13.6. The van der Waals surface area contributed by atoms with E-state index < -0.39 is 0 Å². The van der Waals surface area contributed by atoms with E-state index in [1.807, 2.05) is 28.5 Å². The highest BCUT2D eigenvalue weighted by atomic mass is 35.5. The SMILES string of the molecule is CCc1cccc(CC)c1-n1c(CC(C)C)c(C(=O)N2CCCCC2)cc(-c2nc(-c3ccc(Cl)nc3)c(C)s2)c1=O. The number of para-hydroxylation sites is 1. The number of aromatic nitrogens is 3. The minimum absolute atomic E-state index is 0.00257. The van der Waals surface area contributed by atoms with Gasteiger partial charge >= 0.3 is 0 Å². The summed E-state index contributed by atoms with van der Waals surface area (Å²) in [6, 6.07) is 11.7. The molecule has 1 fully saturated rings. The summed E-state index contributed by atoms with van der Waals surface area (Å²) >= 11 is 7.51. The number of hydrogen-bond acceptors (Lipinski definition) is 5. The van der Waals surface area contributed by atoms with Gasteiger partial charge in [-0.2, -0.15) is 0 Å². The molecule has 0 N–H and O–H groups in total. The number of rotatable bonds is 8. The molecule has 3 aromatic heterocycles. The van der Waals surface area contributed by atoms with Gasteiger partial charge in [-0.05, 0) is 80.7 Å². The fraction of sp³-hybridized carbons (Fsp3) is 0.412. The third-order valence-electron chi connectivity index (χ3n) is 7.99. The highest BCUT2D eigenvalue weighted by Crippen LogP contribution is 2.34. The second kappa shape index (κ2) is 12.9. The second-order valence-electron chi connectivity index (χ2n) is 11.4. The van der Waals surface area contributed by atoms with Crippen molar-refractivity contribution in [2.75, 3.05) is 13.1 Å². The highest BCUT2D eigenvalue weighted by molar-refractivity contribution is 7.15. The van der Waals surface area contributed by atoms with Crippen molar-refractivity contribution in [3.05, 3.63) is 85.4 Å². The number of nitrogens with zero attached hydrogens (tertiary/aromatic N) is 4. The van der Waals surface area contributed by atoms with Crippen LogP contribution in [0.2, 0.25) is 5.15 Å². The van der Waals surface area contributed by atoms with Crippen LogP contribution in [0.25, 0.3) is 27.5 Å². The van der Waals surface area contributed by atoms with Crippen LogP contribution in [-0.4, -0.2) is 38.4 Å². The van der Waals surface area contributed by atoms with Crippen LogP contribution < -0.4 is 5.56 Å². The molecule has 1 aliphatic rings. The second-order valence-corrected chi connectivity index (χ2v) is 13.0. The number of halogens is 1. The van der Waals surface area contributed by atoms with Crippen molar-refractivity contribution in [2.24, 2.45) is 5.92 Å². The third-order valence-corrected chi connectivity index (χ3v) is 9.22. The van der Waals surface area contributed by atoms with E-state index in [9.17, 15) is 9.59 Å². The fourth-order valence-corrected chi connectivity index (χ4v) is 6.94. The van der Waals surface area contributed by atoms with Gasteiger partial charge in [-0.25, -0.2) is 9.97 Å². The topological polar surface area (TPSA) is 68.1 Å². The van der Waals surface area contributed by atoms with Crippen molar-refractivity contribution in [1.29, 1.82) is 0 Å². The summed E-state index contributed by atoms with van der Waals surface area (Å²) in [5.74, 6) is 0.252. The molecule has 42 heavy (non-hydrogen) atoms. The van der Waals surface area contributed by atoms with Crippen LogP contribution in [0.15, 0.2) is 47.4 Å². The molecule has 1 saturated heterocycles. The van der Waals surface area contributed by atoms with E-state index >= 15 is 0 Å². The van der Waals surface area contributed by atoms with E-state index in [2.05, 4.69) is 50.9 Å². The molecule has 0 aliphatic carbocycles. The number of piperidine rings is 1. The van der Waals surface area contributed by atoms with E-state index in [0.29, 0.717) is 27.7 Å². The third kappa shape index (κ3) is 5.95. The maximum atomic E-state index is 14.7. The largest absolute Gasteiger partial charge is 0.339 e. The van der Waals surface area contributed by atoms with Gasteiger partial charge < -0.3 is 4.90 Å². The van der Waals surface area contributed by atoms with Crippen LogP contribution in [0.3, 0.4) is 0 Å². The minimum atomic E-state index is -0.133. The summed E-state index contributed by atoms with van der Waals surface area (Å²) in [5, 5.41) is 1.02. The number of hydrogen-bond donors (Lipinski definition) is 0. The summed E-state index contributed by atoms with van der Waals surface area (Å²) in [6.45, 7) is 12.0. The smallest absolute Gasteiger partial charge is 0.265 e. The minimum Gasteiger partial charge on any atom is -0.339 e. The Balaban J connectivity index is 1.82. The number of pyridine rings is 2. The Morgan fingerprint density at radius 3 is 2.33 bits per heavy atom. The quantitative estimate of drug-likeness (QED) is 0.192. The van der Waals surface area contributed by atoms with Crippen molar-refractivity contribution in [3.63, 3.8) is 0 Å². The molecule has 0 bridgehead atoms. The molecule has 0 unspecified atom stereocenters. The van der Waals surface area contributed by atoms with E-state index in [4.69, 9.17) is 16.6 Å². The van der Waals surface area contributed by atoms with Crippen molar-refractivity contribution < 1.29 is 4.79 Å². The molecule has 0 atom stereocenters. The molecule has 4 aromatic rings. The zero-order valence-electron chi connectivity index (χ0n) is 25.2. The molecule has 1 amide bonds. The molecule has 0 spiro atoms. The van der Waals surface area contributed by atoms with Gasteiger partial charge in [-0.1, -0.05) is 57.5 Å². The number of aryl methyl sites for hydroxylation is 3. The van der Waals surface area contributed by atoms with Crippen molar-refractivity contribution >= 4 is 28.8 Å². The summed E-state index contributed by atoms with van der Waals surface area (Å²) in [4.78, 5) is 41.2. The number of likely N-dealkylation sites (tertiary alicyclic amines) is 1. The Labute approximate surface area is 257 Å². The Bertz CT molecular complexity index is 1630. The Kier molecular flexibility index (Phi) is 9.28. The summed E-state index contributed by atoms with van der Waals surface area (Å²) < 4.78 is 1.87. The van der Waals surface area contributed by atoms with E-state index in [1.165, 1.54) is 11.3 Å². The Morgan fingerprint density at radius 2 is 1.74 bits per heavy atom. The standard InChI is InChI=1S/C34H39ClN4O2S/c1-6-23-12-11-13-24(7-2)31(23)39-28(18-21(3)4)26(33(40)38-16-9-8-10-17-38)19-27(34(39)41)32-37-30(22(5)42-32)25-14-15-29(35)36-20-25/h11-15,19-21H,6-10,16-18H2,1-5H3. The van der Waals surface area contributed by atoms with Gasteiger partial charge in [0.25, 0.3) is 11.5 Å². The lowest BCUT2D eigenvalue weighted by Gasteiger charge is -2.29. The average molecular weight is 603 g/mol. The van der Waals surface area contributed by atoms with E-state index in [-0.39, 0.29) is 17.4 Å². The lowest BCUT2D eigenvalue weighted by molar-refractivity contribution is 0.0722. The van der Waals surface area contributed by atoms with Gasteiger partial charge in [0, 0.05) is 35.4 Å². The van der Waals surface area contributed by atoms with Gasteiger partial charge in [0.15, 0.2) is 0 Å². The van der Waals surface area contributed by atoms with Crippen LogP contribution in [0.1, 0.15) is 79.0 Å². The first-order chi connectivity index (χ1) is 20.2. The monoisotopic (exact) mass is 602 g/mol. The lowest BCUT2D eigenvalue weighted by Crippen LogP contribution is -2.38. The zero-order valence-corrected chi connectivity index (χ0v) is 26.7. The Hall–Kier alpha value is -3.29. The Morgan fingerprint density at radius 1 is 1.05 bits per heavy atom. The summed E-state index contributed by atoms with van der Waals surface area (Å²) in [7, 11) is 0. The molecule has 8 heteroatoms. The van der Waals surface area contributed by atoms with Gasteiger partial charge in [-0.3, -0.25) is 14.2 Å². The highest BCUT2D eigenvalue weighted by Gasteiger charge is 2.28. The molecule has 5 rings (SSSR count). The van der Waals surface area contributed by atoms with E-state index in [1.54, 1.807) is 12.3 Å². The predicted octanol–water partition coefficient (Wildman–Crippen LogP) is 7.93. The van der Waals surface area contributed by atoms with Crippen LogP contribution in [-0.2, 0) is 19.3 Å². The number of carbonyl (C=O) groups is 1. The molecule has 220 valence electrons. The van der Waals surface area contributed by atoms with Crippen LogP contribution in [0, 0.1) is 12.8 Å². The number of amides is 1. The predicted molar refractivity (Wildman–Crippen MR) is 173 cm³/mol. The van der Waals surface area contributed by atoms with Crippen LogP contribution >= 0.6 is 22.9 Å². The summed E-state index contributed by atoms with van der Waals surface area (Å²) in [5.41, 5.74) is 6.43. The van der Waals surface area contributed by atoms with Crippen LogP contribution in [0.5, 0.6) is 0 Å². The number of carbonyl (C=O) groups excluding carboxylic acids is 1. The molecule has 1 aromatic carbocycles. The van der Waals surface area contributed by atoms with Crippen molar-refractivity contribution in [3.8, 4) is 27.5 Å². The molecule has 0 radical (unpaired) electrons. The summed E-state index contributed by atoms with van der Waals surface area (Å²) in [6.07, 6.45) is 7.01. The van der Waals surface area contributed by atoms with Crippen LogP contribution in [0.4, 0.5) is 0 Å². The first kappa shape index (κ1) is 30.2. The van der Waals surface area contributed by atoms with Gasteiger partial charge in [-0.15, -0.1) is 11.3 Å². The molecular weight excluding hydrogens is 564 g/mol. The molecule has 4 heterocycles. The van der Waals surface area contributed by atoms with Gasteiger partial charge in [0.05, 0.1) is 22.5 Å². The number of benzene rings is 1. The molecule has 6 nitrogen and oxygen atoms in total. The molecule has 1 aliphatic heterocycles. The maximum Gasteiger partial charge on any atom is 0.265 e. The lowest BCUT2D eigenvalue weighted by atomic mass is 9.96. The van der Waals surface area contributed by atoms with Crippen molar-refractivity contribution in [1.82, 2.24) is 19.4 Å². The zero-order chi connectivity index (χ0) is 30.0. The molecule has 0 saturated carbocycles.